The Morgan fingerprint density at radius 2 is 1.91 bits per heavy atom. The highest BCUT2D eigenvalue weighted by Crippen LogP contribution is 2.15. The molecule has 22 heavy (non-hydrogen) atoms. The first-order valence-corrected chi connectivity index (χ1v) is 7.54. The third-order valence-electron chi connectivity index (χ3n) is 3.99. The Labute approximate surface area is 130 Å². The van der Waals surface area contributed by atoms with Crippen LogP contribution in [-0.2, 0) is 6.54 Å². The molecule has 1 aliphatic heterocycles. The molecule has 2 aromatic rings. The molecule has 5 nitrogen and oxygen atoms in total. The summed E-state index contributed by atoms with van der Waals surface area (Å²) < 4.78 is 0. The van der Waals surface area contributed by atoms with E-state index in [0.717, 1.165) is 44.1 Å². The topological polar surface area (TPSA) is 69.2 Å². The summed E-state index contributed by atoms with van der Waals surface area (Å²) in [6.07, 6.45) is 1.84. The third kappa shape index (κ3) is 3.43. The van der Waals surface area contributed by atoms with Crippen molar-refractivity contribution in [1.29, 1.82) is 5.41 Å². The molecule has 1 saturated heterocycles. The van der Waals surface area contributed by atoms with Gasteiger partial charge in [-0.25, -0.2) is 4.98 Å². The lowest BCUT2D eigenvalue weighted by molar-refractivity contribution is 0.249. The Balaban J connectivity index is 1.58. The molecule has 1 aliphatic rings. The number of rotatable bonds is 4. The molecule has 5 heteroatoms. The standard InChI is InChI=1S/C17H21N5/c18-17(19)15-5-3-4-14(12-15)13-21-8-10-22(11-9-21)16-6-1-2-7-20-16/h1-7,12H,8-11,13H2,(H3,18,19). The van der Waals surface area contributed by atoms with Crippen LogP contribution in [0.5, 0.6) is 0 Å². The maximum absolute atomic E-state index is 7.52. The highest BCUT2D eigenvalue weighted by molar-refractivity contribution is 5.95. The largest absolute Gasteiger partial charge is 0.384 e. The number of nitrogen functional groups attached to an aromatic ring is 1. The highest BCUT2D eigenvalue weighted by Gasteiger charge is 2.17. The van der Waals surface area contributed by atoms with E-state index in [2.05, 4.69) is 26.9 Å². The highest BCUT2D eigenvalue weighted by atomic mass is 15.3. The molecular weight excluding hydrogens is 274 g/mol. The normalized spacial score (nSPS) is 15.7. The van der Waals surface area contributed by atoms with E-state index in [1.54, 1.807) is 0 Å². The summed E-state index contributed by atoms with van der Waals surface area (Å²) >= 11 is 0. The molecule has 0 bridgehead atoms. The molecule has 3 rings (SSSR count). The Hall–Kier alpha value is -2.40. The van der Waals surface area contributed by atoms with Gasteiger partial charge >= 0.3 is 0 Å². The summed E-state index contributed by atoms with van der Waals surface area (Å²) in [6, 6.07) is 14.0. The number of pyridine rings is 1. The lowest BCUT2D eigenvalue weighted by Crippen LogP contribution is -2.46. The van der Waals surface area contributed by atoms with E-state index in [1.807, 2.05) is 36.5 Å². The minimum Gasteiger partial charge on any atom is -0.384 e. The van der Waals surface area contributed by atoms with E-state index in [0.29, 0.717) is 0 Å². The van der Waals surface area contributed by atoms with Crippen molar-refractivity contribution in [1.82, 2.24) is 9.88 Å². The average molecular weight is 295 g/mol. The fourth-order valence-corrected chi connectivity index (χ4v) is 2.77. The molecule has 1 fully saturated rings. The molecule has 2 heterocycles. The summed E-state index contributed by atoms with van der Waals surface area (Å²) in [5, 5.41) is 7.52. The van der Waals surface area contributed by atoms with Crippen molar-refractivity contribution in [3.8, 4) is 0 Å². The van der Waals surface area contributed by atoms with Crippen molar-refractivity contribution in [2.75, 3.05) is 31.1 Å². The Morgan fingerprint density at radius 3 is 2.59 bits per heavy atom. The van der Waals surface area contributed by atoms with Crippen molar-refractivity contribution in [3.63, 3.8) is 0 Å². The van der Waals surface area contributed by atoms with Gasteiger partial charge in [0, 0.05) is 44.5 Å². The minimum atomic E-state index is 0.127. The van der Waals surface area contributed by atoms with Gasteiger partial charge in [0.2, 0.25) is 0 Å². The second-order valence-corrected chi connectivity index (χ2v) is 5.57. The second kappa shape index (κ2) is 6.58. The monoisotopic (exact) mass is 295 g/mol. The van der Waals surface area contributed by atoms with Crippen LogP contribution < -0.4 is 10.6 Å². The molecule has 0 atom stereocenters. The van der Waals surface area contributed by atoms with E-state index < -0.39 is 0 Å². The van der Waals surface area contributed by atoms with E-state index in [9.17, 15) is 0 Å². The van der Waals surface area contributed by atoms with Gasteiger partial charge in [-0.3, -0.25) is 10.3 Å². The molecule has 0 radical (unpaired) electrons. The Kier molecular flexibility index (Phi) is 4.34. The van der Waals surface area contributed by atoms with Gasteiger partial charge in [-0.15, -0.1) is 0 Å². The van der Waals surface area contributed by atoms with Gasteiger partial charge in [-0.1, -0.05) is 24.3 Å². The number of hydrogen-bond acceptors (Lipinski definition) is 4. The summed E-state index contributed by atoms with van der Waals surface area (Å²) in [7, 11) is 0. The van der Waals surface area contributed by atoms with Crippen LogP contribution in [0.25, 0.3) is 0 Å². The van der Waals surface area contributed by atoms with E-state index in [1.165, 1.54) is 5.56 Å². The van der Waals surface area contributed by atoms with Gasteiger partial charge in [0.05, 0.1) is 0 Å². The summed E-state index contributed by atoms with van der Waals surface area (Å²) in [5.41, 5.74) is 7.56. The van der Waals surface area contributed by atoms with Crippen molar-refractivity contribution >= 4 is 11.7 Å². The van der Waals surface area contributed by atoms with Gasteiger partial charge in [0.15, 0.2) is 0 Å². The molecule has 0 unspecified atom stereocenters. The van der Waals surface area contributed by atoms with Gasteiger partial charge in [0.25, 0.3) is 0 Å². The minimum absolute atomic E-state index is 0.127. The third-order valence-corrected chi connectivity index (χ3v) is 3.99. The van der Waals surface area contributed by atoms with Gasteiger partial charge < -0.3 is 10.6 Å². The van der Waals surface area contributed by atoms with Crippen LogP contribution in [0.3, 0.4) is 0 Å². The zero-order valence-corrected chi connectivity index (χ0v) is 12.6. The van der Waals surface area contributed by atoms with Crippen LogP contribution in [0.2, 0.25) is 0 Å². The van der Waals surface area contributed by atoms with Crippen LogP contribution in [0.15, 0.2) is 48.7 Å². The summed E-state index contributed by atoms with van der Waals surface area (Å²) in [4.78, 5) is 9.16. The molecule has 114 valence electrons. The first-order chi connectivity index (χ1) is 10.7. The van der Waals surface area contributed by atoms with Crippen molar-refractivity contribution in [3.05, 3.63) is 59.8 Å². The Morgan fingerprint density at radius 1 is 1.09 bits per heavy atom. The predicted octanol–water partition coefficient (Wildman–Crippen LogP) is 1.69. The number of hydrogen-bond donors (Lipinski definition) is 2. The maximum Gasteiger partial charge on any atom is 0.128 e. The number of benzene rings is 1. The molecule has 1 aromatic carbocycles. The van der Waals surface area contributed by atoms with Gasteiger partial charge in [0.1, 0.15) is 11.7 Å². The van der Waals surface area contributed by atoms with Crippen LogP contribution >= 0.6 is 0 Å². The fraction of sp³-hybridized carbons (Fsp3) is 0.294. The van der Waals surface area contributed by atoms with Crippen molar-refractivity contribution in [2.24, 2.45) is 5.73 Å². The van der Waals surface area contributed by atoms with E-state index >= 15 is 0 Å². The first kappa shape index (κ1) is 14.5. The van der Waals surface area contributed by atoms with Crippen LogP contribution in [0.4, 0.5) is 5.82 Å². The number of anilines is 1. The lowest BCUT2D eigenvalue weighted by atomic mass is 10.1. The molecule has 0 saturated carbocycles. The maximum atomic E-state index is 7.52. The molecule has 3 N–H and O–H groups in total. The smallest absolute Gasteiger partial charge is 0.128 e. The number of amidine groups is 1. The molecular formula is C17H21N5. The zero-order chi connectivity index (χ0) is 15.4. The van der Waals surface area contributed by atoms with Crippen LogP contribution in [-0.4, -0.2) is 41.9 Å². The van der Waals surface area contributed by atoms with Gasteiger partial charge in [-0.2, -0.15) is 0 Å². The van der Waals surface area contributed by atoms with E-state index in [-0.39, 0.29) is 5.84 Å². The second-order valence-electron chi connectivity index (χ2n) is 5.57. The van der Waals surface area contributed by atoms with Crippen molar-refractivity contribution in [2.45, 2.75) is 6.54 Å². The summed E-state index contributed by atoms with van der Waals surface area (Å²) in [5.74, 6) is 1.18. The van der Waals surface area contributed by atoms with E-state index in [4.69, 9.17) is 11.1 Å². The first-order valence-electron chi connectivity index (χ1n) is 7.54. The van der Waals surface area contributed by atoms with Gasteiger partial charge in [-0.05, 0) is 23.8 Å². The number of nitrogens with zero attached hydrogens (tertiary/aromatic N) is 3. The predicted molar refractivity (Wildman–Crippen MR) is 89.2 cm³/mol. The van der Waals surface area contributed by atoms with Crippen molar-refractivity contribution < 1.29 is 0 Å². The Bertz CT molecular complexity index is 633. The summed E-state index contributed by atoms with van der Waals surface area (Å²) in [6.45, 7) is 4.91. The molecule has 0 spiro atoms. The number of aromatic nitrogens is 1. The molecule has 1 aromatic heterocycles. The molecule has 0 amide bonds. The SMILES string of the molecule is N=C(N)c1cccc(CN2CCN(c3ccccn3)CC2)c1. The lowest BCUT2D eigenvalue weighted by Gasteiger charge is -2.35. The fourth-order valence-electron chi connectivity index (χ4n) is 2.77. The zero-order valence-electron chi connectivity index (χ0n) is 12.6. The molecule has 0 aliphatic carbocycles. The van der Waals surface area contributed by atoms with Crippen LogP contribution in [0.1, 0.15) is 11.1 Å². The average Bonchev–Trinajstić information content (AvgIpc) is 2.56. The number of nitrogens with one attached hydrogen (secondary N) is 1. The van der Waals surface area contributed by atoms with Crippen LogP contribution in [0, 0.1) is 5.41 Å². The number of piperazine rings is 1. The quantitative estimate of drug-likeness (QED) is 0.665. The number of nitrogens with two attached hydrogens (primary N) is 1.